The van der Waals surface area contributed by atoms with E-state index >= 15 is 0 Å². The van der Waals surface area contributed by atoms with E-state index < -0.39 is 11.5 Å². The summed E-state index contributed by atoms with van der Waals surface area (Å²) in [6.45, 7) is 0. The number of carbonyl (C=O) groups excluding carboxylic acids is 1. The number of amides is 1. The normalized spacial score (nSPS) is 24.9. The van der Waals surface area contributed by atoms with Gasteiger partial charge in [0.1, 0.15) is 5.75 Å². The van der Waals surface area contributed by atoms with Crippen LogP contribution in [0.1, 0.15) is 24.5 Å². The molecule has 16 heavy (non-hydrogen) atoms. The second-order valence-electron chi connectivity index (χ2n) is 4.47. The van der Waals surface area contributed by atoms with Crippen molar-refractivity contribution in [3.63, 3.8) is 0 Å². The molecule has 3 rings (SSSR count). The van der Waals surface area contributed by atoms with E-state index in [1.165, 1.54) is 0 Å². The van der Waals surface area contributed by atoms with Gasteiger partial charge < -0.3 is 15.2 Å². The highest BCUT2D eigenvalue weighted by atomic mass is 16.5. The predicted molar refractivity (Wildman–Crippen MR) is 58.3 cm³/mol. The van der Waals surface area contributed by atoms with Gasteiger partial charge in [0.25, 0.3) is 0 Å². The van der Waals surface area contributed by atoms with E-state index in [4.69, 9.17) is 4.74 Å². The van der Waals surface area contributed by atoms with Gasteiger partial charge in [-0.2, -0.15) is 0 Å². The van der Waals surface area contributed by atoms with Gasteiger partial charge in [-0.3, -0.25) is 4.79 Å². The van der Waals surface area contributed by atoms with Crippen molar-refractivity contribution >= 4 is 11.6 Å². The minimum atomic E-state index is -0.679. The molecule has 1 aliphatic heterocycles. The molecule has 0 unspecified atom stereocenters. The Morgan fingerprint density at radius 1 is 1.50 bits per heavy atom. The monoisotopic (exact) mass is 219 g/mol. The maximum atomic E-state index is 11.8. The molecule has 0 aromatic heterocycles. The number of aliphatic hydroxyl groups is 1. The van der Waals surface area contributed by atoms with Crippen LogP contribution in [0.2, 0.25) is 0 Å². The highest BCUT2D eigenvalue weighted by Crippen LogP contribution is 2.59. The molecule has 0 saturated heterocycles. The second-order valence-corrected chi connectivity index (χ2v) is 4.47. The van der Waals surface area contributed by atoms with Crippen molar-refractivity contribution < 1.29 is 14.6 Å². The van der Waals surface area contributed by atoms with Crippen molar-refractivity contribution in [2.75, 3.05) is 12.4 Å². The Morgan fingerprint density at radius 3 is 2.88 bits per heavy atom. The van der Waals surface area contributed by atoms with Gasteiger partial charge in [0.05, 0.1) is 24.3 Å². The zero-order valence-electron chi connectivity index (χ0n) is 8.99. The first-order valence-electron chi connectivity index (χ1n) is 5.35. The Kier molecular flexibility index (Phi) is 1.80. The topological polar surface area (TPSA) is 58.6 Å². The van der Waals surface area contributed by atoms with E-state index in [-0.39, 0.29) is 5.91 Å². The molecule has 1 fully saturated rings. The van der Waals surface area contributed by atoms with Crippen molar-refractivity contribution in [2.24, 2.45) is 5.41 Å². The summed E-state index contributed by atoms with van der Waals surface area (Å²) < 4.78 is 5.09. The first-order valence-corrected chi connectivity index (χ1v) is 5.35. The summed E-state index contributed by atoms with van der Waals surface area (Å²) in [5.41, 5.74) is 0.897. The van der Waals surface area contributed by atoms with Crippen molar-refractivity contribution in [1.29, 1.82) is 0 Å². The van der Waals surface area contributed by atoms with E-state index in [1.807, 2.05) is 6.07 Å². The molecule has 1 aliphatic carbocycles. The second kappa shape index (κ2) is 2.98. The molecule has 2 aliphatic rings. The predicted octanol–water partition coefficient (Wildman–Crippen LogP) is 1.46. The van der Waals surface area contributed by atoms with Crippen LogP contribution < -0.4 is 10.1 Å². The zero-order valence-corrected chi connectivity index (χ0v) is 8.99. The maximum absolute atomic E-state index is 11.8. The van der Waals surface area contributed by atoms with Crippen molar-refractivity contribution in [3.05, 3.63) is 23.8 Å². The number of fused-ring (bicyclic) bond motifs is 1. The number of hydrogen-bond acceptors (Lipinski definition) is 3. The van der Waals surface area contributed by atoms with Crippen LogP contribution in [0.25, 0.3) is 0 Å². The van der Waals surface area contributed by atoms with E-state index in [0.717, 1.165) is 18.4 Å². The molecule has 0 bridgehead atoms. The Bertz CT molecular complexity index is 465. The summed E-state index contributed by atoms with van der Waals surface area (Å²) in [4.78, 5) is 11.8. The lowest BCUT2D eigenvalue weighted by atomic mass is 9.87. The molecule has 4 heteroatoms. The SMILES string of the molecule is COc1ccc2c(c1)NC(=O)C1(CC1)[C@H]2O. The fraction of sp³-hybridized carbons (Fsp3) is 0.417. The summed E-state index contributed by atoms with van der Waals surface area (Å²) >= 11 is 0. The Morgan fingerprint density at radius 2 is 2.25 bits per heavy atom. The Balaban J connectivity index is 2.08. The van der Waals surface area contributed by atoms with E-state index in [1.54, 1.807) is 19.2 Å². The van der Waals surface area contributed by atoms with E-state index in [0.29, 0.717) is 11.4 Å². The molecule has 1 saturated carbocycles. The first kappa shape index (κ1) is 9.66. The van der Waals surface area contributed by atoms with Gasteiger partial charge in [0.2, 0.25) is 5.91 Å². The van der Waals surface area contributed by atoms with E-state index in [2.05, 4.69) is 5.32 Å². The Labute approximate surface area is 93.2 Å². The highest BCUT2D eigenvalue weighted by Gasteiger charge is 2.58. The molecule has 2 N–H and O–H groups in total. The summed E-state index contributed by atoms with van der Waals surface area (Å²) in [7, 11) is 1.57. The third-order valence-electron chi connectivity index (χ3n) is 3.57. The van der Waals surface area contributed by atoms with Crippen molar-refractivity contribution in [1.82, 2.24) is 0 Å². The van der Waals surface area contributed by atoms with Crippen LogP contribution in [0.3, 0.4) is 0 Å². The number of aliphatic hydroxyl groups excluding tert-OH is 1. The average molecular weight is 219 g/mol. The fourth-order valence-electron chi connectivity index (χ4n) is 2.31. The molecule has 4 nitrogen and oxygen atoms in total. The molecule has 84 valence electrons. The average Bonchev–Trinajstić information content (AvgIpc) is 3.07. The largest absolute Gasteiger partial charge is 0.497 e. The summed E-state index contributed by atoms with van der Waals surface area (Å²) in [5.74, 6) is 0.610. The molecular weight excluding hydrogens is 206 g/mol. The molecule has 1 atom stereocenters. The van der Waals surface area contributed by atoms with Crippen LogP contribution in [0.15, 0.2) is 18.2 Å². The smallest absolute Gasteiger partial charge is 0.233 e. The number of ether oxygens (including phenoxy) is 1. The van der Waals surface area contributed by atoms with Gasteiger partial charge >= 0.3 is 0 Å². The third kappa shape index (κ3) is 1.10. The number of benzene rings is 1. The van der Waals surface area contributed by atoms with Crippen LogP contribution in [-0.2, 0) is 4.79 Å². The van der Waals surface area contributed by atoms with Gasteiger partial charge in [-0.05, 0) is 18.9 Å². The quantitative estimate of drug-likeness (QED) is 0.751. The van der Waals surface area contributed by atoms with Crippen molar-refractivity contribution in [3.8, 4) is 5.75 Å². The number of nitrogens with one attached hydrogen (secondary N) is 1. The summed E-state index contributed by atoms with van der Waals surface area (Å²) in [5, 5.41) is 13.0. The van der Waals surface area contributed by atoms with Crippen LogP contribution in [0.5, 0.6) is 5.75 Å². The molecule has 1 aromatic carbocycles. The van der Waals surface area contributed by atoms with Crippen LogP contribution in [-0.4, -0.2) is 18.1 Å². The van der Waals surface area contributed by atoms with E-state index in [9.17, 15) is 9.90 Å². The number of carbonyl (C=O) groups is 1. The van der Waals surface area contributed by atoms with Gasteiger partial charge in [-0.25, -0.2) is 0 Å². The molecule has 1 heterocycles. The lowest BCUT2D eigenvalue weighted by Crippen LogP contribution is -2.35. The van der Waals surface area contributed by atoms with Crippen LogP contribution >= 0.6 is 0 Å². The summed E-state index contributed by atoms with van der Waals surface area (Å²) in [6, 6.07) is 5.36. The van der Waals surface area contributed by atoms with Crippen LogP contribution in [0, 0.1) is 5.41 Å². The fourth-order valence-corrected chi connectivity index (χ4v) is 2.31. The lowest BCUT2D eigenvalue weighted by Gasteiger charge is -2.29. The first-order chi connectivity index (χ1) is 7.67. The lowest BCUT2D eigenvalue weighted by molar-refractivity contribution is -0.126. The molecule has 0 radical (unpaired) electrons. The molecule has 1 spiro atoms. The minimum Gasteiger partial charge on any atom is -0.497 e. The van der Waals surface area contributed by atoms with Gasteiger partial charge in [0.15, 0.2) is 0 Å². The van der Waals surface area contributed by atoms with Gasteiger partial charge in [-0.15, -0.1) is 0 Å². The zero-order chi connectivity index (χ0) is 11.3. The summed E-state index contributed by atoms with van der Waals surface area (Å²) in [6.07, 6.45) is 0.860. The number of hydrogen-bond donors (Lipinski definition) is 2. The Hall–Kier alpha value is -1.55. The molecule has 1 amide bonds. The maximum Gasteiger partial charge on any atom is 0.233 e. The van der Waals surface area contributed by atoms with Gasteiger partial charge in [0, 0.05) is 11.6 Å². The van der Waals surface area contributed by atoms with Gasteiger partial charge in [-0.1, -0.05) is 6.07 Å². The van der Waals surface area contributed by atoms with Crippen LogP contribution in [0.4, 0.5) is 5.69 Å². The molecule has 1 aromatic rings. The minimum absolute atomic E-state index is 0.0687. The number of methoxy groups -OCH3 is 1. The standard InChI is InChI=1S/C12H13NO3/c1-16-7-2-3-8-9(6-7)13-11(15)12(4-5-12)10(8)14/h2-3,6,10,14H,4-5H2,1H3,(H,13,15)/t10-/m0/s1. The third-order valence-corrected chi connectivity index (χ3v) is 3.57. The molecular formula is C12H13NO3. The number of rotatable bonds is 1. The van der Waals surface area contributed by atoms with Crippen molar-refractivity contribution in [2.45, 2.75) is 18.9 Å². The number of anilines is 1. The highest BCUT2D eigenvalue weighted by molar-refractivity contribution is 6.01.